The number of aliphatic hydroxyl groups is 2. The third kappa shape index (κ3) is 28.0. The van der Waals surface area contributed by atoms with Gasteiger partial charge in [-0.1, -0.05) is 168 Å². The molecule has 7 nitrogen and oxygen atoms in total. The van der Waals surface area contributed by atoms with E-state index in [1.54, 1.807) is 0 Å². The zero-order chi connectivity index (χ0) is 32.5. The van der Waals surface area contributed by atoms with Crippen LogP contribution in [0.25, 0.3) is 0 Å². The van der Waals surface area contributed by atoms with Gasteiger partial charge in [0.25, 0.3) is 0 Å². The molecule has 44 heavy (non-hydrogen) atoms. The van der Waals surface area contributed by atoms with E-state index in [0.29, 0.717) is 6.42 Å². The number of rotatable bonds is 34. The van der Waals surface area contributed by atoms with E-state index in [0.717, 1.165) is 38.5 Å². The van der Waals surface area contributed by atoms with E-state index in [4.69, 9.17) is 9.47 Å². The summed E-state index contributed by atoms with van der Waals surface area (Å²) in [7, 11) is 0. The average molecular weight is 627 g/mol. The second kappa shape index (κ2) is 32.9. The molecule has 0 fully saturated rings. The van der Waals surface area contributed by atoms with Gasteiger partial charge in [-0.3, -0.25) is 14.4 Å². The number of carbonyl (C=O) groups excluding carboxylic acids is 3. The molecular weight excluding hydrogens is 556 g/mol. The summed E-state index contributed by atoms with van der Waals surface area (Å²) >= 11 is 0. The van der Waals surface area contributed by atoms with Crippen molar-refractivity contribution >= 4 is 17.7 Å². The molecule has 260 valence electrons. The van der Waals surface area contributed by atoms with Gasteiger partial charge in [0.2, 0.25) is 5.78 Å². The minimum absolute atomic E-state index is 0.151. The van der Waals surface area contributed by atoms with Crippen LogP contribution in [0.4, 0.5) is 0 Å². The van der Waals surface area contributed by atoms with Crippen molar-refractivity contribution in [3.63, 3.8) is 0 Å². The quantitative estimate of drug-likeness (QED) is 0.0541. The van der Waals surface area contributed by atoms with Crippen LogP contribution in [0.2, 0.25) is 0 Å². The summed E-state index contributed by atoms with van der Waals surface area (Å²) in [6.45, 7) is 3.18. The lowest BCUT2D eigenvalue weighted by Crippen LogP contribution is -2.42. The maximum atomic E-state index is 12.3. The maximum absolute atomic E-state index is 12.3. The van der Waals surface area contributed by atoms with Crippen molar-refractivity contribution in [2.75, 3.05) is 13.2 Å². The van der Waals surface area contributed by atoms with E-state index in [1.807, 2.05) is 0 Å². The van der Waals surface area contributed by atoms with Crippen LogP contribution in [-0.2, 0) is 23.9 Å². The fraction of sp³-hybridized carbons (Fsp3) is 0.919. The summed E-state index contributed by atoms with van der Waals surface area (Å²) in [6, 6.07) is 0. The van der Waals surface area contributed by atoms with E-state index in [-0.39, 0.29) is 12.8 Å². The molecule has 0 aromatic heterocycles. The fourth-order valence-electron chi connectivity index (χ4n) is 5.56. The Bertz CT molecular complexity index is 666. The molecule has 0 spiro atoms. The highest BCUT2D eigenvalue weighted by molar-refractivity contribution is 5.87. The summed E-state index contributed by atoms with van der Waals surface area (Å²) in [5.74, 6) is -1.83. The molecule has 0 aliphatic heterocycles. The Morgan fingerprint density at radius 3 is 1.16 bits per heavy atom. The minimum Gasteiger partial charge on any atom is -0.463 e. The third-order valence-corrected chi connectivity index (χ3v) is 8.47. The molecule has 0 aromatic rings. The zero-order valence-corrected chi connectivity index (χ0v) is 28.8. The molecule has 2 N–H and O–H groups in total. The van der Waals surface area contributed by atoms with E-state index in [2.05, 4.69) is 13.8 Å². The van der Waals surface area contributed by atoms with Gasteiger partial charge in [-0.25, -0.2) is 0 Å². The smallest absolute Gasteiger partial charge is 0.306 e. The van der Waals surface area contributed by atoms with Crippen LogP contribution in [-0.4, -0.2) is 53.4 Å². The van der Waals surface area contributed by atoms with Crippen LogP contribution in [0.1, 0.15) is 194 Å². The molecule has 0 heterocycles. The number of esters is 2. The number of ketones is 1. The lowest BCUT2D eigenvalue weighted by molar-refractivity contribution is -0.168. The van der Waals surface area contributed by atoms with Gasteiger partial charge in [0.05, 0.1) is 0 Å². The van der Waals surface area contributed by atoms with Crippen LogP contribution in [0, 0.1) is 0 Å². The zero-order valence-electron chi connectivity index (χ0n) is 28.8. The van der Waals surface area contributed by atoms with Crippen LogP contribution >= 0.6 is 0 Å². The monoisotopic (exact) mass is 627 g/mol. The lowest BCUT2D eigenvalue weighted by atomic mass is 10.0. The molecule has 0 saturated carbocycles. The predicted octanol–water partition coefficient (Wildman–Crippen LogP) is 9.33. The molecule has 0 amide bonds. The van der Waals surface area contributed by atoms with Gasteiger partial charge < -0.3 is 19.7 Å². The molecule has 0 radical (unpaired) electrons. The van der Waals surface area contributed by atoms with Crippen LogP contribution in [0.15, 0.2) is 0 Å². The van der Waals surface area contributed by atoms with E-state index in [9.17, 15) is 24.6 Å². The lowest BCUT2D eigenvalue weighted by Gasteiger charge is -2.21. The fourth-order valence-corrected chi connectivity index (χ4v) is 5.56. The van der Waals surface area contributed by atoms with Crippen molar-refractivity contribution in [2.24, 2.45) is 0 Å². The molecule has 0 aromatic carbocycles. The van der Waals surface area contributed by atoms with Gasteiger partial charge in [0, 0.05) is 12.8 Å². The third-order valence-electron chi connectivity index (χ3n) is 8.47. The second-order valence-electron chi connectivity index (χ2n) is 12.8. The first-order chi connectivity index (χ1) is 21.5. The normalized spacial score (nSPS) is 12.6. The summed E-state index contributed by atoms with van der Waals surface area (Å²) in [5, 5.41) is 19.7. The molecule has 0 bridgehead atoms. The van der Waals surface area contributed by atoms with E-state index >= 15 is 0 Å². The predicted molar refractivity (Wildman–Crippen MR) is 180 cm³/mol. The van der Waals surface area contributed by atoms with E-state index in [1.165, 1.54) is 122 Å². The Kier molecular flexibility index (Phi) is 31.8. The first-order valence-electron chi connectivity index (χ1n) is 18.6. The van der Waals surface area contributed by atoms with Gasteiger partial charge >= 0.3 is 11.9 Å². The van der Waals surface area contributed by atoms with Crippen molar-refractivity contribution in [3.05, 3.63) is 0 Å². The van der Waals surface area contributed by atoms with Crippen molar-refractivity contribution < 1.29 is 34.1 Å². The first-order valence-corrected chi connectivity index (χ1v) is 18.6. The van der Waals surface area contributed by atoms with Crippen molar-refractivity contribution in [1.82, 2.24) is 0 Å². The van der Waals surface area contributed by atoms with Crippen molar-refractivity contribution in [2.45, 2.75) is 206 Å². The van der Waals surface area contributed by atoms with Gasteiger partial charge in [0.1, 0.15) is 19.3 Å². The highest BCUT2D eigenvalue weighted by Gasteiger charge is 2.31. The summed E-state index contributed by atoms with van der Waals surface area (Å²) in [4.78, 5) is 36.5. The molecule has 0 aliphatic carbocycles. The molecule has 0 aliphatic rings. The Morgan fingerprint density at radius 2 is 0.818 bits per heavy atom. The highest BCUT2D eigenvalue weighted by Crippen LogP contribution is 2.15. The number of carbonyl (C=O) groups is 3. The highest BCUT2D eigenvalue weighted by atomic mass is 16.6. The Morgan fingerprint density at radius 1 is 0.500 bits per heavy atom. The molecule has 2 unspecified atom stereocenters. The topological polar surface area (TPSA) is 110 Å². The first kappa shape index (κ1) is 42.5. The van der Waals surface area contributed by atoms with Crippen LogP contribution < -0.4 is 0 Å². The maximum Gasteiger partial charge on any atom is 0.306 e. The van der Waals surface area contributed by atoms with Crippen molar-refractivity contribution in [1.29, 1.82) is 0 Å². The molecule has 7 heteroatoms. The number of hydrogen-bond donors (Lipinski definition) is 2. The number of unbranched alkanes of at least 4 members (excludes halogenated alkanes) is 24. The molecule has 0 saturated heterocycles. The largest absolute Gasteiger partial charge is 0.463 e. The number of ether oxygens (including phenoxy) is 2. The van der Waals surface area contributed by atoms with E-state index < -0.39 is 43.1 Å². The van der Waals surface area contributed by atoms with Crippen LogP contribution in [0.3, 0.4) is 0 Å². The Hall–Kier alpha value is -1.47. The SMILES string of the molecule is CCCCCCCCCCCCCCCC(=O)OCC(O)C(OC(=O)CCCCCCCCCCCCCCC)C(=O)CO. The van der Waals surface area contributed by atoms with Crippen molar-refractivity contribution in [3.8, 4) is 0 Å². The van der Waals surface area contributed by atoms with Crippen LogP contribution in [0.5, 0.6) is 0 Å². The molecule has 2 atom stereocenters. The molecular formula is C37H70O7. The number of aliphatic hydroxyl groups excluding tert-OH is 2. The standard InChI is InChI=1S/C37H70O7/c1-3-5-7-9-11-13-15-17-19-21-23-25-27-29-35(41)43-32-34(40)37(33(39)31-38)44-36(42)30-28-26-24-22-20-18-16-14-12-10-8-6-4-2/h34,37-38,40H,3-32H2,1-2H3. The van der Waals surface area contributed by atoms with Gasteiger partial charge in [-0.2, -0.15) is 0 Å². The Balaban J connectivity index is 3.89. The van der Waals surface area contributed by atoms with Gasteiger partial charge in [-0.15, -0.1) is 0 Å². The number of Topliss-reactive ketones (excluding diaryl/α,β-unsaturated/α-hetero) is 1. The minimum atomic E-state index is -1.53. The van der Waals surface area contributed by atoms with Gasteiger partial charge in [0.15, 0.2) is 6.10 Å². The summed E-state index contributed by atoms with van der Waals surface area (Å²) < 4.78 is 10.3. The van der Waals surface area contributed by atoms with Gasteiger partial charge in [-0.05, 0) is 12.8 Å². The average Bonchev–Trinajstić information content (AvgIpc) is 3.02. The number of hydrogen-bond acceptors (Lipinski definition) is 7. The second-order valence-corrected chi connectivity index (χ2v) is 12.8. The molecule has 0 rings (SSSR count). The summed E-state index contributed by atoms with van der Waals surface area (Å²) in [5.41, 5.74) is 0. The Labute approximate surface area is 270 Å². The summed E-state index contributed by atoms with van der Waals surface area (Å²) in [6.07, 6.45) is 28.8.